The molecule has 0 radical (unpaired) electrons. The molecule has 96 valence electrons. The molecule has 2 N–H and O–H groups in total. The molecule has 0 saturated carbocycles. The second-order valence-corrected chi connectivity index (χ2v) is 4.10. The lowest BCUT2D eigenvalue weighted by molar-refractivity contribution is 1.10. The second-order valence-electron chi connectivity index (χ2n) is 4.10. The van der Waals surface area contributed by atoms with Gasteiger partial charge in [-0.1, -0.05) is 29.8 Å². The average Bonchev–Trinajstić information content (AvgIpc) is 2.38. The Hall–Kier alpha value is -2.03. The molecule has 1 aromatic rings. The fraction of sp³-hybridized carbons (Fsp3) is 0.267. The van der Waals surface area contributed by atoms with Gasteiger partial charge in [0, 0.05) is 19.2 Å². The Kier molecular flexibility index (Phi) is 6.33. The van der Waals surface area contributed by atoms with Crippen molar-refractivity contribution in [1.29, 1.82) is 0 Å². The highest BCUT2D eigenvalue weighted by molar-refractivity contribution is 5.83. The molecule has 0 aliphatic heterocycles. The first-order chi connectivity index (χ1) is 8.72. The van der Waals surface area contributed by atoms with Crippen LogP contribution in [0.3, 0.4) is 0 Å². The first kappa shape index (κ1) is 14.0. The summed E-state index contributed by atoms with van der Waals surface area (Å²) in [7, 11) is 1.88. The van der Waals surface area contributed by atoms with Crippen molar-refractivity contribution in [3.63, 3.8) is 0 Å². The van der Waals surface area contributed by atoms with Gasteiger partial charge in [0.25, 0.3) is 0 Å². The highest BCUT2D eigenvalue weighted by Crippen LogP contribution is 2.08. The lowest BCUT2D eigenvalue weighted by Gasteiger charge is -2.02. The number of nitrogens with one attached hydrogen (secondary N) is 2. The molecular formula is C15H21N3. The van der Waals surface area contributed by atoms with Crippen LogP contribution in [0.25, 0.3) is 0 Å². The van der Waals surface area contributed by atoms with Gasteiger partial charge in [-0.3, -0.25) is 5.43 Å². The van der Waals surface area contributed by atoms with Gasteiger partial charge in [-0.05, 0) is 38.3 Å². The summed E-state index contributed by atoms with van der Waals surface area (Å²) < 4.78 is 0. The molecule has 3 heteroatoms. The van der Waals surface area contributed by atoms with E-state index in [0.29, 0.717) is 0 Å². The van der Waals surface area contributed by atoms with Crippen molar-refractivity contribution in [2.24, 2.45) is 5.10 Å². The van der Waals surface area contributed by atoms with Gasteiger partial charge in [-0.15, -0.1) is 0 Å². The van der Waals surface area contributed by atoms with Gasteiger partial charge >= 0.3 is 0 Å². The summed E-state index contributed by atoms with van der Waals surface area (Å²) in [5.41, 5.74) is 6.36. The van der Waals surface area contributed by atoms with Crippen LogP contribution in [0.5, 0.6) is 0 Å². The number of anilines is 1. The zero-order valence-corrected chi connectivity index (χ0v) is 11.3. The molecule has 0 saturated heterocycles. The Balaban J connectivity index is 2.39. The van der Waals surface area contributed by atoms with Crippen LogP contribution in [0.1, 0.15) is 18.9 Å². The molecule has 0 bridgehead atoms. The van der Waals surface area contributed by atoms with Gasteiger partial charge in [0.05, 0.1) is 5.69 Å². The molecule has 0 aromatic heterocycles. The van der Waals surface area contributed by atoms with Crippen LogP contribution in [0.2, 0.25) is 0 Å². The summed E-state index contributed by atoms with van der Waals surface area (Å²) in [6.45, 7) is 4.08. The van der Waals surface area contributed by atoms with Gasteiger partial charge in [0.1, 0.15) is 0 Å². The monoisotopic (exact) mass is 243 g/mol. The maximum Gasteiger partial charge on any atom is 0.0561 e. The molecule has 3 nitrogen and oxygen atoms in total. The Morgan fingerprint density at radius 2 is 1.94 bits per heavy atom. The molecule has 18 heavy (non-hydrogen) atoms. The number of allylic oxidation sites excluding steroid dienone is 3. The van der Waals surface area contributed by atoms with Gasteiger partial charge in [-0.2, -0.15) is 5.10 Å². The second kappa shape index (κ2) is 8.12. The van der Waals surface area contributed by atoms with E-state index < -0.39 is 0 Å². The number of hydrazone groups is 1. The third kappa shape index (κ3) is 5.89. The number of aryl methyl sites for hydroxylation is 1. The van der Waals surface area contributed by atoms with Crippen molar-refractivity contribution in [2.45, 2.75) is 20.3 Å². The Morgan fingerprint density at radius 3 is 2.61 bits per heavy atom. The van der Waals surface area contributed by atoms with Crippen molar-refractivity contribution in [2.75, 3.05) is 12.5 Å². The summed E-state index contributed by atoms with van der Waals surface area (Å²) in [5, 5.41) is 7.25. The molecule has 0 unspecified atom stereocenters. The minimum Gasteiger partial charge on any atom is -0.394 e. The maximum atomic E-state index is 4.32. The number of benzene rings is 1. The van der Waals surface area contributed by atoms with Crippen molar-refractivity contribution < 1.29 is 0 Å². The molecule has 0 spiro atoms. The fourth-order valence-corrected chi connectivity index (χ4v) is 1.30. The quantitative estimate of drug-likeness (QED) is 0.456. The van der Waals surface area contributed by atoms with Crippen LogP contribution in [0.4, 0.5) is 5.69 Å². The lowest BCUT2D eigenvalue weighted by Crippen LogP contribution is -1.96. The third-order valence-electron chi connectivity index (χ3n) is 2.35. The highest BCUT2D eigenvalue weighted by atomic mass is 15.3. The Bertz CT molecular complexity index is 428. The van der Waals surface area contributed by atoms with Crippen LogP contribution in [-0.4, -0.2) is 12.8 Å². The van der Waals surface area contributed by atoms with E-state index in [0.717, 1.165) is 17.8 Å². The third-order valence-corrected chi connectivity index (χ3v) is 2.35. The van der Waals surface area contributed by atoms with Crippen molar-refractivity contribution in [3.8, 4) is 0 Å². The van der Waals surface area contributed by atoms with E-state index in [-0.39, 0.29) is 0 Å². The van der Waals surface area contributed by atoms with Crippen molar-refractivity contribution in [1.82, 2.24) is 5.32 Å². The summed E-state index contributed by atoms with van der Waals surface area (Å²) in [6, 6.07) is 8.18. The van der Waals surface area contributed by atoms with E-state index in [4.69, 9.17) is 0 Å². The van der Waals surface area contributed by atoms with E-state index in [1.807, 2.05) is 44.5 Å². The average molecular weight is 243 g/mol. The summed E-state index contributed by atoms with van der Waals surface area (Å²) in [4.78, 5) is 0. The van der Waals surface area contributed by atoms with E-state index in [1.54, 1.807) is 0 Å². The zero-order valence-electron chi connectivity index (χ0n) is 11.3. The van der Waals surface area contributed by atoms with Gasteiger partial charge in [0.15, 0.2) is 0 Å². The standard InChI is InChI=1S/C15H21N3/c1-13-8-10-15(11-9-13)18-17-14(2)7-5-4-6-12-16-3/h4-6,8-12,16,18H,7H2,1-3H3/b5-4-,12-6-,17-14+. The number of hydrogen-bond donors (Lipinski definition) is 2. The zero-order chi connectivity index (χ0) is 13.2. The van der Waals surface area contributed by atoms with E-state index in [2.05, 4.69) is 41.0 Å². The number of nitrogens with zero attached hydrogens (tertiary/aromatic N) is 1. The molecular weight excluding hydrogens is 222 g/mol. The fourth-order valence-electron chi connectivity index (χ4n) is 1.30. The molecule has 1 aromatic carbocycles. The first-order valence-corrected chi connectivity index (χ1v) is 6.07. The molecule has 0 amide bonds. The van der Waals surface area contributed by atoms with Gasteiger partial charge < -0.3 is 5.32 Å². The minimum atomic E-state index is 0.840. The van der Waals surface area contributed by atoms with Gasteiger partial charge in [-0.25, -0.2) is 0 Å². The number of hydrogen-bond acceptors (Lipinski definition) is 3. The lowest BCUT2D eigenvalue weighted by atomic mass is 10.2. The SMILES string of the molecule is CN/C=C\C=C/C/C(C)=N/Nc1ccc(C)cc1. The summed E-state index contributed by atoms with van der Waals surface area (Å²) in [5.74, 6) is 0. The number of rotatable bonds is 6. The molecule has 0 aliphatic carbocycles. The summed E-state index contributed by atoms with van der Waals surface area (Å²) in [6.07, 6.45) is 8.76. The van der Waals surface area contributed by atoms with Crippen LogP contribution >= 0.6 is 0 Å². The minimum absolute atomic E-state index is 0.840. The van der Waals surface area contributed by atoms with Crippen LogP contribution in [0, 0.1) is 6.92 Å². The molecule has 0 fully saturated rings. The highest BCUT2D eigenvalue weighted by Gasteiger charge is 1.90. The van der Waals surface area contributed by atoms with Crippen LogP contribution < -0.4 is 10.7 Å². The first-order valence-electron chi connectivity index (χ1n) is 6.07. The normalized spacial score (nSPS) is 12.3. The topological polar surface area (TPSA) is 36.4 Å². The predicted octanol–water partition coefficient (Wildman–Crippen LogP) is 3.46. The largest absolute Gasteiger partial charge is 0.394 e. The van der Waals surface area contributed by atoms with Gasteiger partial charge in [0.2, 0.25) is 0 Å². The van der Waals surface area contributed by atoms with E-state index in [1.165, 1.54) is 5.56 Å². The smallest absolute Gasteiger partial charge is 0.0561 e. The maximum absolute atomic E-state index is 4.32. The molecule has 0 heterocycles. The summed E-state index contributed by atoms with van der Waals surface area (Å²) >= 11 is 0. The molecule has 0 atom stereocenters. The van der Waals surface area contributed by atoms with Crippen LogP contribution in [0.15, 0.2) is 53.8 Å². The van der Waals surface area contributed by atoms with Crippen molar-refractivity contribution >= 4 is 11.4 Å². The predicted molar refractivity (Wildman–Crippen MR) is 79.9 cm³/mol. The van der Waals surface area contributed by atoms with Crippen molar-refractivity contribution in [3.05, 3.63) is 54.3 Å². The Morgan fingerprint density at radius 1 is 1.22 bits per heavy atom. The molecule has 1 rings (SSSR count). The van der Waals surface area contributed by atoms with Crippen LogP contribution in [-0.2, 0) is 0 Å². The van der Waals surface area contributed by atoms with E-state index >= 15 is 0 Å². The van der Waals surface area contributed by atoms with E-state index in [9.17, 15) is 0 Å². The Labute approximate surface area is 109 Å². The molecule has 0 aliphatic rings.